The molecule has 3 atom stereocenters. The summed E-state index contributed by atoms with van der Waals surface area (Å²) < 4.78 is 32.7. The predicted octanol–water partition coefficient (Wildman–Crippen LogP) is 11.8. The molecule has 0 aromatic heterocycles. The highest BCUT2D eigenvalue weighted by molar-refractivity contribution is 7.47. The maximum Gasteiger partial charge on any atom is 0.472 e. The second-order valence-corrected chi connectivity index (χ2v) is 16.5. The monoisotopic (exact) mass is 803 g/mol. The number of phosphoric ester groups is 1. The first kappa shape index (κ1) is 53.5. The van der Waals surface area contributed by atoms with Crippen molar-refractivity contribution < 1.29 is 47.8 Å². The molecule has 3 N–H and O–H groups in total. The van der Waals surface area contributed by atoms with E-state index in [1.165, 1.54) is 103 Å². The van der Waals surface area contributed by atoms with Crippen LogP contribution in [0.5, 0.6) is 0 Å². The number of ether oxygens (including phenoxy) is 2. The summed E-state index contributed by atoms with van der Waals surface area (Å²) in [7, 11) is -4.62. The maximum atomic E-state index is 12.6. The number of rotatable bonds is 42. The topological polar surface area (TPSA) is 149 Å². The van der Waals surface area contributed by atoms with Crippen LogP contribution in [0.1, 0.15) is 206 Å². The Bertz CT molecular complexity index is 972. The third-order valence-corrected chi connectivity index (χ3v) is 10.6. The number of esters is 2. The third-order valence-electron chi connectivity index (χ3n) is 9.61. The van der Waals surface area contributed by atoms with Crippen molar-refractivity contribution in [3.63, 3.8) is 0 Å². The molecule has 10 nitrogen and oxygen atoms in total. The zero-order valence-corrected chi connectivity index (χ0v) is 36.0. The van der Waals surface area contributed by atoms with Crippen LogP contribution in [0.2, 0.25) is 0 Å². The summed E-state index contributed by atoms with van der Waals surface area (Å²) in [6, 6.07) is 0. The predicted molar refractivity (Wildman–Crippen MR) is 224 cm³/mol. The molecule has 0 radical (unpaired) electrons. The van der Waals surface area contributed by atoms with Gasteiger partial charge in [0.05, 0.1) is 19.8 Å². The van der Waals surface area contributed by atoms with Gasteiger partial charge in [0.25, 0.3) is 0 Å². The van der Waals surface area contributed by atoms with Gasteiger partial charge in [0.2, 0.25) is 0 Å². The number of allylic oxidation sites excluding steroid dienone is 4. The minimum atomic E-state index is -4.62. The summed E-state index contributed by atoms with van der Waals surface area (Å²) in [6.45, 7) is 2.35. The van der Waals surface area contributed by atoms with Gasteiger partial charge in [0.1, 0.15) is 12.7 Å². The highest BCUT2D eigenvalue weighted by Crippen LogP contribution is 2.43. The molecule has 0 bridgehead atoms. The van der Waals surface area contributed by atoms with Gasteiger partial charge >= 0.3 is 19.8 Å². The molecule has 0 fully saturated rings. The van der Waals surface area contributed by atoms with Crippen LogP contribution in [-0.2, 0) is 32.7 Å². The number of aliphatic hydroxyl groups excluding tert-OH is 2. The maximum absolute atomic E-state index is 12.6. The van der Waals surface area contributed by atoms with E-state index in [9.17, 15) is 24.2 Å². The van der Waals surface area contributed by atoms with E-state index < -0.39 is 51.8 Å². The van der Waals surface area contributed by atoms with E-state index in [4.69, 9.17) is 23.6 Å². The summed E-state index contributed by atoms with van der Waals surface area (Å²) in [5.74, 6) is -0.933. The van der Waals surface area contributed by atoms with Crippen molar-refractivity contribution >= 4 is 19.8 Å². The van der Waals surface area contributed by atoms with E-state index in [1.54, 1.807) is 0 Å². The van der Waals surface area contributed by atoms with Crippen LogP contribution in [0.4, 0.5) is 0 Å². The second kappa shape index (κ2) is 40.6. The lowest BCUT2D eigenvalue weighted by Crippen LogP contribution is -2.29. The van der Waals surface area contributed by atoms with Gasteiger partial charge in [-0.15, -0.1) is 0 Å². The van der Waals surface area contributed by atoms with Gasteiger partial charge in [-0.3, -0.25) is 18.6 Å². The molecule has 0 aromatic rings. The zero-order chi connectivity index (χ0) is 40.5. The quantitative estimate of drug-likeness (QED) is 0.0236. The van der Waals surface area contributed by atoms with E-state index in [0.717, 1.165) is 64.2 Å². The van der Waals surface area contributed by atoms with Crippen LogP contribution in [0.3, 0.4) is 0 Å². The van der Waals surface area contributed by atoms with E-state index in [1.807, 2.05) is 0 Å². The lowest BCUT2D eigenvalue weighted by molar-refractivity contribution is -0.161. The van der Waals surface area contributed by atoms with Crippen molar-refractivity contribution in [1.82, 2.24) is 0 Å². The van der Waals surface area contributed by atoms with Crippen molar-refractivity contribution in [3.8, 4) is 0 Å². The molecule has 324 valence electrons. The Kier molecular flexibility index (Phi) is 39.5. The molecule has 0 aliphatic carbocycles. The van der Waals surface area contributed by atoms with Crippen LogP contribution in [0.25, 0.3) is 0 Å². The van der Waals surface area contributed by atoms with Gasteiger partial charge in [-0.25, -0.2) is 4.57 Å². The SMILES string of the molecule is CCCC/C=C\C/C=C\CCCCCCCC(=O)OC[C@H](COP(=O)(O)OC[C@@H](O)CO)OC(=O)CCCCCCCCCCCCCCCCCCCC. The average molecular weight is 803 g/mol. The molecule has 0 amide bonds. The molecule has 0 saturated heterocycles. The molecule has 1 unspecified atom stereocenters. The van der Waals surface area contributed by atoms with E-state index >= 15 is 0 Å². The molecule has 0 saturated carbocycles. The van der Waals surface area contributed by atoms with E-state index in [0.29, 0.717) is 12.8 Å². The lowest BCUT2D eigenvalue weighted by Gasteiger charge is -2.20. The Morgan fingerprint density at radius 2 is 0.964 bits per heavy atom. The molecular formula is C44H83O10P. The summed E-state index contributed by atoms with van der Waals surface area (Å²) in [6.07, 6.45) is 40.0. The highest BCUT2D eigenvalue weighted by Gasteiger charge is 2.27. The smallest absolute Gasteiger partial charge is 0.462 e. The first-order valence-corrected chi connectivity index (χ1v) is 23.8. The van der Waals surface area contributed by atoms with Crippen molar-refractivity contribution in [2.24, 2.45) is 0 Å². The summed E-state index contributed by atoms with van der Waals surface area (Å²) in [5.41, 5.74) is 0. The van der Waals surface area contributed by atoms with Crippen LogP contribution in [-0.4, -0.2) is 65.7 Å². The number of aliphatic hydroxyl groups is 2. The van der Waals surface area contributed by atoms with Crippen LogP contribution in [0, 0.1) is 0 Å². The standard InChI is InChI=1S/C44H83O10P/c1-3-5-7-9-11-13-15-17-19-20-21-22-24-26-28-30-32-34-36-44(48)54-42(40-53-55(49,50)52-38-41(46)37-45)39-51-43(47)35-33-31-29-27-25-23-18-16-14-12-10-8-6-4-2/h10,12,16,18,41-42,45-46H,3-9,11,13-15,17,19-40H2,1-2H3,(H,49,50)/b12-10-,18-16-/t41-,42+/m0/s1. The molecule has 0 heterocycles. The van der Waals surface area contributed by atoms with Crippen LogP contribution < -0.4 is 0 Å². The van der Waals surface area contributed by atoms with Crippen LogP contribution >= 0.6 is 7.82 Å². The second-order valence-electron chi connectivity index (χ2n) is 15.1. The minimum Gasteiger partial charge on any atom is -0.462 e. The Morgan fingerprint density at radius 3 is 1.45 bits per heavy atom. The van der Waals surface area contributed by atoms with Gasteiger partial charge in [-0.1, -0.05) is 179 Å². The van der Waals surface area contributed by atoms with Gasteiger partial charge in [0.15, 0.2) is 6.10 Å². The Morgan fingerprint density at radius 1 is 0.545 bits per heavy atom. The average Bonchev–Trinajstić information content (AvgIpc) is 3.17. The van der Waals surface area contributed by atoms with Gasteiger partial charge in [-0.2, -0.15) is 0 Å². The molecule has 0 aromatic carbocycles. The first-order chi connectivity index (χ1) is 26.7. The highest BCUT2D eigenvalue weighted by atomic mass is 31.2. The number of carbonyl (C=O) groups is 2. The fraction of sp³-hybridized carbons (Fsp3) is 0.864. The minimum absolute atomic E-state index is 0.186. The normalized spacial score (nSPS) is 14.1. The van der Waals surface area contributed by atoms with Gasteiger partial charge in [-0.05, 0) is 38.5 Å². The summed E-state index contributed by atoms with van der Waals surface area (Å²) in [4.78, 5) is 35.0. The summed E-state index contributed by atoms with van der Waals surface area (Å²) in [5, 5.41) is 18.3. The number of phosphoric acid groups is 1. The third kappa shape index (κ3) is 40.4. The number of hydrogen-bond donors (Lipinski definition) is 3. The molecule has 0 spiro atoms. The van der Waals surface area contributed by atoms with Crippen molar-refractivity contribution in [2.75, 3.05) is 26.4 Å². The zero-order valence-electron chi connectivity index (χ0n) is 35.2. The Labute approximate surface area is 336 Å². The van der Waals surface area contributed by atoms with Gasteiger partial charge < -0.3 is 24.6 Å². The molecule has 0 rings (SSSR count). The Balaban J connectivity index is 4.26. The largest absolute Gasteiger partial charge is 0.472 e. The number of unbranched alkanes of at least 4 members (excludes halogenated alkanes) is 24. The first-order valence-electron chi connectivity index (χ1n) is 22.3. The molecule has 0 aliphatic rings. The van der Waals surface area contributed by atoms with Crippen molar-refractivity contribution in [2.45, 2.75) is 219 Å². The molecule has 11 heteroatoms. The molecular weight excluding hydrogens is 719 g/mol. The van der Waals surface area contributed by atoms with E-state index in [2.05, 4.69) is 38.2 Å². The van der Waals surface area contributed by atoms with Crippen LogP contribution in [0.15, 0.2) is 24.3 Å². The fourth-order valence-electron chi connectivity index (χ4n) is 6.13. The van der Waals surface area contributed by atoms with Crippen molar-refractivity contribution in [1.29, 1.82) is 0 Å². The van der Waals surface area contributed by atoms with Gasteiger partial charge in [0, 0.05) is 12.8 Å². The molecule has 0 aliphatic heterocycles. The fourth-order valence-corrected chi connectivity index (χ4v) is 6.92. The number of carbonyl (C=O) groups excluding carboxylic acids is 2. The van der Waals surface area contributed by atoms with Crippen molar-refractivity contribution in [3.05, 3.63) is 24.3 Å². The lowest BCUT2D eigenvalue weighted by atomic mass is 10.0. The molecule has 55 heavy (non-hydrogen) atoms. The number of hydrogen-bond acceptors (Lipinski definition) is 9. The summed E-state index contributed by atoms with van der Waals surface area (Å²) >= 11 is 0. The van der Waals surface area contributed by atoms with E-state index in [-0.39, 0.29) is 19.4 Å². The Hall–Kier alpha value is -1.55.